The fourth-order valence-electron chi connectivity index (χ4n) is 5.79. The smallest absolute Gasteiger partial charge is 0.493 e. The highest BCUT2D eigenvalue weighted by Gasteiger charge is 2.25. The van der Waals surface area contributed by atoms with Gasteiger partial charge in [-0.15, -0.1) is 5.10 Å². The van der Waals surface area contributed by atoms with Gasteiger partial charge in [-0.2, -0.15) is 0 Å². The van der Waals surface area contributed by atoms with Crippen molar-refractivity contribution in [3.8, 4) is 34.0 Å². The summed E-state index contributed by atoms with van der Waals surface area (Å²) >= 11 is 0. The molecule has 5 aromatic rings. The summed E-state index contributed by atoms with van der Waals surface area (Å²) in [5.41, 5.74) is 4.73. The molecule has 12 heteroatoms. The number of fused-ring (bicyclic) bond motifs is 1. The molecule has 232 valence electrons. The first-order chi connectivity index (χ1) is 21.9. The van der Waals surface area contributed by atoms with E-state index in [9.17, 15) is 9.59 Å². The van der Waals surface area contributed by atoms with Crippen molar-refractivity contribution in [2.24, 2.45) is 0 Å². The van der Waals surface area contributed by atoms with Crippen LogP contribution in [0.2, 0.25) is 0 Å². The normalized spacial score (nSPS) is 14.2. The molecule has 1 atom stereocenters. The highest BCUT2D eigenvalue weighted by atomic mass is 16.8. The molecule has 2 heterocycles. The van der Waals surface area contributed by atoms with Crippen LogP contribution in [0.3, 0.4) is 0 Å². The highest BCUT2D eigenvalue weighted by molar-refractivity contribution is 6.03. The molecule has 12 nitrogen and oxygen atoms in total. The summed E-state index contributed by atoms with van der Waals surface area (Å²) in [5, 5.41) is 14.4. The van der Waals surface area contributed by atoms with Gasteiger partial charge >= 0.3 is 12.1 Å². The number of H-pyrrole nitrogens is 1. The number of benzene rings is 3. The van der Waals surface area contributed by atoms with Crippen LogP contribution in [0, 0.1) is 6.92 Å². The second-order valence-electron chi connectivity index (χ2n) is 10.8. The third kappa shape index (κ3) is 6.35. The van der Waals surface area contributed by atoms with Crippen LogP contribution < -0.4 is 4.74 Å². The lowest BCUT2D eigenvalue weighted by Crippen LogP contribution is -2.26. The summed E-state index contributed by atoms with van der Waals surface area (Å²) in [6, 6.07) is 18.8. The second-order valence-corrected chi connectivity index (χ2v) is 10.8. The lowest BCUT2D eigenvalue weighted by atomic mass is 9.98. The minimum absolute atomic E-state index is 0.166. The van der Waals surface area contributed by atoms with Gasteiger partial charge in [-0.25, -0.2) is 19.7 Å². The summed E-state index contributed by atoms with van der Waals surface area (Å²) in [7, 11) is 0. The SMILES string of the molecule is CCOc1cc(-n2c(C)nc3cccc(C(=O)OC(C)OC(=O)OC4CCCCC4)c32)ccc1-c1ccccc1-c1nnn[nH]1. The fourth-order valence-corrected chi connectivity index (χ4v) is 5.79. The Labute approximate surface area is 259 Å². The van der Waals surface area contributed by atoms with Crippen LogP contribution in [0.1, 0.15) is 62.1 Å². The molecule has 1 aliphatic carbocycles. The largest absolute Gasteiger partial charge is 0.511 e. The van der Waals surface area contributed by atoms with E-state index in [0.29, 0.717) is 35.0 Å². The summed E-state index contributed by atoms with van der Waals surface area (Å²) < 4.78 is 24.2. The molecule has 1 N–H and O–H groups in total. The molecule has 6 rings (SSSR count). The number of carbonyl (C=O) groups excluding carboxylic acids is 2. The van der Waals surface area contributed by atoms with Gasteiger partial charge in [0, 0.05) is 24.1 Å². The predicted molar refractivity (Wildman–Crippen MR) is 165 cm³/mol. The number of aromatic amines is 1. The number of aryl methyl sites for hydroxylation is 1. The molecule has 0 spiro atoms. The van der Waals surface area contributed by atoms with Gasteiger partial charge in [0.25, 0.3) is 0 Å². The maximum absolute atomic E-state index is 13.5. The van der Waals surface area contributed by atoms with Crippen LogP contribution in [-0.4, -0.2) is 61.3 Å². The zero-order valence-electron chi connectivity index (χ0n) is 25.4. The van der Waals surface area contributed by atoms with Gasteiger partial charge < -0.3 is 18.9 Å². The Bertz CT molecular complexity index is 1810. The van der Waals surface area contributed by atoms with Crippen molar-refractivity contribution < 1.29 is 28.5 Å². The molecule has 1 fully saturated rings. The van der Waals surface area contributed by atoms with E-state index in [1.807, 2.05) is 66.9 Å². The number of nitrogens with zero attached hydrogens (tertiary/aromatic N) is 5. The van der Waals surface area contributed by atoms with Crippen LogP contribution in [0.25, 0.3) is 39.2 Å². The number of nitrogens with one attached hydrogen (secondary N) is 1. The molecule has 0 saturated heterocycles. The maximum Gasteiger partial charge on any atom is 0.511 e. The quantitative estimate of drug-likeness (QED) is 0.144. The van der Waals surface area contributed by atoms with E-state index in [4.69, 9.17) is 23.9 Å². The molecule has 45 heavy (non-hydrogen) atoms. The third-order valence-electron chi connectivity index (χ3n) is 7.76. The number of tetrazole rings is 1. The molecular weight excluding hydrogens is 576 g/mol. The van der Waals surface area contributed by atoms with Crippen LogP contribution in [0.4, 0.5) is 4.79 Å². The number of hydrogen-bond acceptors (Lipinski definition) is 10. The fraction of sp³-hybridized carbons (Fsp3) is 0.333. The first-order valence-electron chi connectivity index (χ1n) is 15.1. The number of aromatic nitrogens is 6. The Morgan fingerprint density at radius 2 is 1.78 bits per heavy atom. The van der Waals surface area contributed by atoms with E-state index in [0.717, 1.165) is 54.5 Å². The van der Waals surface area contributed by atoms with Crippen LogP contribution in [0.5, 0.6) is 5.75 Å². The Hall–Kier alpha value is -5.26. The number of imidazole rings is 1. The van der Waals surface area contributed by atoms with E-state index < -0.39 is 18.4 Å². The second kappa shape index (κ2) is 13.2. The topological polar surface area (TPSA) is 143 Å². The zero-order chi connectivity index (χ0) is 31.3. The Morgan fingerprint density at radius 3 is 2.53 bits per heavy atom. The van der Waals surface area contributed by atoms with Crippen molar-refractivity contribution in [1.82, 2.24) is 30.2 Å². The summed E-state index contributed by atoms with van der Waals surface area (Å²) in [6.45, 7) is 5.71. The number of para-hydroxylation sites is 1. The van der Waals surface area contributed by atoms with Gasteiger partial charge in [0.15, 0.2) is 5.82 Å². The molecule has 2 aromatic heterocycles. The number of rotatable bonds is 9. The third-order valence-corrected chi connectivity index (χ3v) is 7.76. The van der Waals surface area contributed by atoms with E-state index in [1.165, 1.54) is 6.92 Å². The monoisotopic (exact) mass is 610 g/mol. The maximum atomic E-state index is 13.5. The van der Waals surface area contributed by atoms with E-state index >= 15 is 0 Å². The summed E-state index contributed by atoms with van der Waals surface area (Å²) in [6.07, 6.45) is 2.64. The lowest BCUT2D eigenvalue weighted by molar-refractivity contribution is -0.0914. The van der Waals surface area contributed by atoms with E-state index in [2.05, 4.69) is 20.6 Å². The highest BCUT2D eigenvalue weighted by Crippen LogP contribution is 2.38. The number of esters is 1. The van der Waals surface area contributed by atoms with Gasteiger partial charge in [-0.1, -0.05) is 36.8 Å². The predicted octanol–water partition coefficient (Wildman–Crippen LogP) is 6.57. The van der Waals surface area contributed by atoms with Crippen LogP contribution in [0.15, 0.2) is 60.7 Å². The standard InChI is InChI=1S/C33H34N6O6/c1-4-42-29-19-22(17-18-25(29)24-13-8-9-14-26(24)31-35-37-38-36-31)39-20(2)34-28-16-10-15-27(30(28)39)32(40)43-21(3)44-33(41)45-23-11-6-5-7-12-23/h8-10,13-19,21,23H,4-7,11-12H2,1-3H3,(H,35,36,37,38). The van der Waals surface area contributed by atoms with E-state index in [1.54, 1.807) is 12.1 Å². The minimum Gasteiger partial charge on any atom is -0.493 e. The van der Waals surface area contributed by atoms with Gasteiger partial charge in [-0.05, 0) is 79.8 Å². The van der Waals surface area contributed by atoms with Crippen molar-refractivity contribution >= 4 is 23.2 Å². The first-order valence-corrected chi connectivity index (χ1v) is 15.1. The number of hydrogen-bond donors (Lipinski definition) is 1. The Balaban J connectivity index is 1.31. The number of ether oxygens (including phenoxy) is 4. The lowest BCUT2D eigenvalue weighted by Gasteiger charge is -2.22. The van der Waals surface area contributed by atoms with Crippen LogP contribution in [-0.2, 0) is 14.2 Å². The molecular formula is C33H34N6O6. The summed E-state index contributed by atoms with van der Waals surface area (Å²) in [5.74, 6) is 1.18. The average molecular weight is 611 g/mol. The van der Waals surface area contributed by atoms with Gasteiger partial charge in [0.1, 0.15) is 17.7 Å². The van der Waals surface area contributed by atoms with E-state index in [-0.39, 0.29) is 11.7 Å². The molecule has 1 unspecified atom stereocenters. The molecule has 0 amide bonds. The Kier molecular flexibility index (Phi) is 8.72. The number of carbonyl (C=O) groups is 2. The summed E-state index contributed by atoms with van der Waals surface area (Å²) in [4.78, 5) is 30.5. The van der Waals surface area contributed by atoms with Crippen molar-refractivity contribution in [3.05, 3.63) is 72.1 Å². The first kappa shape index (κ1) is 29.8. The molecule has 0 radical (unpaired) electrons. The van der Waals surface area contributed by atoms with Gasteiger partial charge in [0.05, 0.1) is 28.9 Å². The minimum atomic E-state index is -1.15. The zero-order valence-corrected chi connectivity index (χ0v) is 25.4. The van der Waals surface area contributed by atoms with Crippen molar-refractivity contribution in [1.29, 1.82) is 0 Å². The van der Waals surface area contributed by atoms with Gasteiger partial charge in [-0.3, -0.25) is 4.57 Å². The average Bonchev–Trinajstić information content (AvgIpc) is 3.69. The Morgan fingerprint density at radius 1 is 0.978 bits per heavy atom. The molecule has 1 saturated carbocycles. The molecule has 0 aliphatic heterocycles. The van der Waals surface area contributed by atoms with Crippen molar-refractivity contribution in [3.63, 3.8) is 0 Å². The van der Waals surface area contributed by atoms with Crippen molar-refractivity contribution in [2.75, 3.05) is 6.61 Å². The van der Waals surface area contributed by atoms with Gasteiger partial charge in [0.2, 0.25) is 6.29 Å². The molecule has 0 bridgehead atoms. The van der Waals surface area contributed by atoms with Crippen LogP contribution >= 0.6 is 0 Å². The molecule has 3 aromatic carbocycles. The molecule has 1 aliphatic rings. The van der Waals surface area contributed by atoms with Crippen molar-refractivity contribution in [2.45, 2.75) is 65.3 Å².